The lowest BCUT2D eigenvalue weighted by Gasteiger charge is -2.39. The number of methoxy groups -OCH3 is 1. The van der Waals surface area contributed by atoms with E-state index in [1.54, 1.807) is 36.3 Å². The Hall–Kier alpha value is -3.75. The molecule has 9 nitrogen and oxygen atoms in total. The van der Waals surface area contributed by atoms with Gasteiger partial charge < -0.3 is 29.1 Å². The van der Waals surface area contributed by atoms with Crippen LogP contribution in [0, 0.1) is 0 Å². The number of nitrogens with zero attached hydrogens (tertiary/aromatic N) is 2. The highest BCUT2D eigenvalue weighted by Gasteiger charge is 2.32. The van der Waals surface area contributed by atoms with Crippen LogP contribution in [0.4, 0.5) is 4.79 Å². The number of hydrogen-bond donors (Lipinski definition) is 1. The SMILES string of the molecule is COc1ccc(CN(C(=O)c2ccc(OCC(=O)O)cc2)C2CCN(C(=O)OC(C)(C)C)CC2)cc1. The van der Waals surface area contributed by atoms with Crippen LogP contribution in [0.3, 0.4) is 0 Å². The molecule has 1 aliphatic rings. The second kappa shape index (κ2) is 11.8. The number of aliphatic carboxylic acids is 1. The van der Waals surface area contributed by atoms with Gasteiger partial charge in [-0.1, -0.05) is 12.1 Å². The van der Waals surface area contributed by atoms with E-state index in [-0.39, 0.29) is 18.0 Å². The van der Waals surface area contributed by atoms with Crippen molar-refractivity contribution in [3.63, 3.8) is 0 Å². The maximum absolute atomic E-state index is 13.6. The van der Waals surface area contributed by atoms with E-state index < -0.39 is 18.2 Å². The van der Waals surface area contributed by atoms with Crippen molar-refractivity contribution in [2.75, 3.05) is 26.8 Å². The van der Waals surface area contributed by atoms with E-state index in [0.29, 0.717) is 43.8 Å². The Balaban J connectivity index is 1.75. The van der Waals surface area contributed by atoms with Crippen molar-refractivity contribution < 1.29 is 33.7 Å². The number of carboxylic acids is 1. The van der Waals surface area contributed by atoms with Crippen molar-refractivity contribution in [2.24, 2.45) is 0 Å². The number of ether oxygens (including phenoxy) is 3. The fourth-order valence-corrected chi connectivity index (χ4v) is 3.99. The molecule has 1 aliphatic heterocycles. The molecule has 1 saturated heterocycles. The molecule has 194 valence electrons. The molecule has 0 radical (unpaired) electrons. The molecule has 0 aromatic heterocycles. The standard InChI is InChI=1S/C27H34N2O7/c1-27(2,3)36-26(33)28-15-13-21(14-16-28)29(17-19-5-9-22(34-4)10-6-19)25(32)20-7-11-23(12-8-20)35-18-24(30)31/h5-12,21H,13-18H2,1-4H3,(H,30,31). The van der Waals surface area contributed by atoms with E-state index >= 15 is 0 Å². The molecule has 36 heavy (non-hydrogen) atoms. The minimum atomic E-state index is -1.07. The lowest BCUT2D eigenvalue weighted by atomic mass is 10.0. The van der Waals surface area contributed by atoms with Crippen LogP contribution in [0.1, 0.15) is 49.5 Å². The first-order chi connectivity index (χ1) is 17.1. The molecule has 9 heteroatoms. The molecule has 1 heterocycles. The summed E-state index contributed by atoms with van der Waals surface area (Å²) in [5.41, 5.74) is 0.867. The topological polar surface area (TPSA) is 106 Å². The lowest BCUT2D eigenvalue weighted by Crippen LogP contribution is -2.49. The first kappa shape index (κ1) is 26.8. The predicted molar refractivity (Wildman–Crippen MR) is 133 cm³/mol. The van der Waals surface area contributed by atoms with Crippen molar-refractivity contribution in [3.8, 4) is 11.5 Å². The number of hydrogen-bond acceptors (Lipinski definition) is 6. The number of carbonyl (C=O) groups excluding carboxylic acids is 2. The van der Waals surface area contributed by atoms with Gasteiger partial charge in [0.1, 0.15) is 17.1 Å². The third kappa shape index (κ3) is 7.63. The number of likely N-dealkylation sites (tertiary alicyclic amines) is 1. The normalized spacial score (nSPS) is 14.2. The Morgan fingerprint density at radius 2 is 1.56 bits per heavy atom. The molecule has 1 N–H and O–H groups in total. The molecule has 2 aromatic carbocycles. The van der Waals surface area contributed by atoms with Gasteiger partial charge in [-0.15, -0.1) is 0 Å². The molecule has 0 atom stereocenters. The van der Waals surface area contributed by atoms with Crippen molar-refractivity contribution in [1.29, 1.82) is 0 Å². The molecule has 2 aromatic rings. The largest absolute Gasteiger partial charge is 0.497 e. The summed E-state index contributed by atoms with van der Waals surface area (Å²) in [6.45, 7) is 6.45. The summed E-state index contributed by atoms with van der Waals surface area (Å²) in [4.78, 5) is 40.4. The number of piperidine rings is 1. The Morgan fingerprint density at radius 3 is 2.08 bits per heavy atom. The van der Waals surface area contributed by atoms with Crippen LogP contribution in [0.25, 0.3) is 0 Å². The van der Waals surface area contributed by atoms with Crippen LogP contribution in [0.2, 0.25) is 0 Å². The second-order valence-electron chi connectivity index (χ2n) is 9.69. The number of carbonyl (C=O) groups is 3. The summed E-state index contributed by atoms with van der Waals surface area (Å²) < 4.78 is 15.9. The molecule has 0 bridgehead atoms. The molecule has 0 saturated carbocycles. The minimum absolute atomic E-state index is 0.0683. The molecule has 0 aliphatic carbocycles. The maximum atomic E-state index is 13.6. The van der Waals surface area contributed by atoms with Crippen LogP contribution in [-0.4, -0.2) is 71.3 Å². The minimum Gasteiger partial charge on any atom is -0.497 e. The highest BCUT2D eigenvalue weighted by molar-refractivity contribution is 5.94. The van der Waals surface area contributed by atoms with Crippen LogP contribution in [0.5, 0.6) is 11.5 Å². The number of carboxylic acid groups (broad SMARTS) is 1. The predicted octanol–water partition coefficient (Wildman–Crippen LogP) is 4.20. The van der Waals surface area contributed by atoms with Gasteiger partial charge in [-0.25, -0.2) is 9.59 Å². The average Bonchev–Trinajstić information content (AvgIpc) is 2.85. The Bertz CT molecular complexity index is 1040. The highest BCUT2D eigenvalue weighted by Crippen LogP contribution is 2.24. The lowest BCUT2D eigenvalue weighted by molar-refractivity contribution is -0.139. The van der Waals surface area contributed by atoms with E-state index in [0.717, 1.165) is 11.3 Å². The van der Waals surface area contributed by atoms with E-state index in [1.807, 2.05) is 49.9 Å². The van der Waals surface area contributed by atoms with E-state index in [9.17, 15) is 14.4 Å². The first-order valence-electron chi connectivity index (χ1n) is 11.9. The number of rotatable bonds is 8. The fraction of sp³-hybridized carbons (Fsp3) is 0.444. The van der Waals surface area contributed by atoms with Crippen LogP contribution < -0.4 is 9.47 Å². The van der Waals surface area contributed by atoms with E-state index in [4.69, 9.17) is 19.3 Å². The highest BCUT2D eigenvalue weighted by atomic mass is 16.6. The van der Waals surface area contributed by atoms with Crippen LogP contribution in [-0.2, 0) is 16.1 Å². The molecule has 3 rings (SSSR count). The fourth-order valence-electron chi connectivity index (χ4n) is 3.99. The van der Waals surface area contributed by atoms with Gasteiger partial charge >= 0.3 is 12.1 Å². The van der Waals surface area contributed by atoms with Gasteiger partial charge in [-0.2, -0.15) is 0 Å². The third-order valence-electron chi connectivity index (χ3n) is 5.79. The zero-order valence-corrected chi connectivity index (χ0v) is 21.2. The summed E-state index contributed by atoms with van der Waals surface area (Å²) in [5, 5.41) is 8.79. The Kier molecular flexibility index (Phi) is 8.79. The Morgan fingerprint density at radius 1 is 0.972 bits per heavy atom. The van der Waals surface area contributed by atoms with Crippen molar-refractivity contribution in [3.05, 3.63) is 59.7 Å². The van der Waals surface area contributed by atoms with Crippen molar-refractivity contribution >= 4 is 18.0 Å². The van der Waals surface area contributed by atoms with Crippen molar-refractivity contribution in [1.82, 2.24) is 9.80 Å². The monoisotopic (exact) mass is 498 g/mol. The van der Waals surface area contributed by atoms with Crippen molar-refractivity contribution in [2.45, 2.75) is 51.8 Å². The molecular formula is C27H34N2O7. The summed E-state index contributed by atoms with van der Waals surface area (Å²) in [5.74, 6) is -0.106. The van der Waals surface area contributed by atoms with E-state index in [1.165, 1.54) is 0 Å². The number of benzene rings is 2. The molecule has 0 unspecified atom stereocenters. The van der Waals surface area contributed by atoms with Crippen LogP contribution >= 0.6 is 0 Å². The van der Waals surface area contributed by atoms with Gasteiger partial charge in [0.25, 0.3) is 5.91 Å². The van der Waals surface area contributed by atoms with Gasteiger partial charge in [-0.3, -0.25) is 4.79 Å². The summed E-state index contributed by atoms with van der Waals surface area (Å²) >= 11 is 0. The quantitative estimate of drug-likeness (QED) is 0.581. The smallest absolute Gasteiger partial charge is 0.410 e. The molecule has 2 amide bonds. The molecular weight excluding hydrogens is 464 g/mol. The third-order valence-corrected chi connectivity index (χ3v) is 5.79. The first-order valence-corrected chi connectivity index (χ1v) is 11.9. The Labute approximate surface area is 211 Å². The summed E-state index contributed by atoms with van der Waals surface area (Å²) in [6, 6.07) is 14.0. The number of amides is 2. The van der Waals surface area contributed by atoms with Gasteiger partial charge in [0.05, 0.1) is 7.11 Å². The molecule has 1 fully saturated rings. The van der Waals surface area contributed by atoms with Crippen LogP contribution in [0.15, 0.2) is 48.5 Å². The summed E-state index contributed by atoms with van der Waals surface area (Å²) in [7, 11) is 1.60. The van der Waals surface area contributed by atoms with Gasteiger partial charge in [0.2, 0.25) is 0 Å². The van der Waals surface area contributed by atoms with E-state index in [2.05, 4.69) is 0 Å². The zero-order chi connectivity index (χ0) is 26.3. The average molecular weight is 499 g/mol. The summed E-state index contributed by atoms with van der Waals surface area (Å²) in [6.07, 6.45) is 0.910. The zero-order valence-electron chi connectivity index (χ0n) is 21.2. The maximum Gasteiger partial charge on any atom is 0.410 e. The van der Waals surface area contributed by atoms with Gasteiger partial charge in [0.15, 0.2) is 6.61 Å². The molecule has 0 spiro atoms. The van der Waals surface area contributed by atoms with Gasteiger partial charge in [0, 0.05) is 31.2 Å². The second-order valence-corrected chi connectivity index (χ2v) is 9.69. The van der Waals surface area contributed by atoms with Gasteiger partial charge in [-0.05, 0) is 75.6 Å².